The van der Waals surface area contributed by atoms with Crippen LogP contribution in [0.25, 0.3) is 0 Å². The quantitative estimate of drug-likeness (QED) is 0.663. The van der Waals surface area contributed by atoms with Gasteiger partial charge >= 0.3 is 0 Å². The Morgan fingerprint density at radius 1 is 0.969 bits per heavy atom. The number of rotatable bonds is 4. The Hall–Kier alpha value is -3.06. The van der Waals surface area contributed by atoms with Gasteiger partial charge in [0.25, 0.3) is 0 Å². The van der Waals surface area contributed by atoms with Crippen molar-refractivity contribution < 1.29 is 23.9 Å². The van der Waals surface area contributed by atoms with E-state index in [0.717, 1.165) is 17.7 Å². The minimum absolute atomic E-state index is 0.00296. The number of carbonyl (C=O) groups is 2. The van der Waals surface area contributed by atoms with Crippen LogP contribution in [-0.4, -0.2) is 37.8 Å². The van der Waals surface area contributed by atoms with Crippen LogP contribution in [0, 0.1) is 29.6 Å². The van der Waals surface area contributed by atoms with Gasteiger partial charge in [0.2, 0.25) is 11.8 Å². The molecule has 2 aromatic rings. The highest BCUT2D eigenvalue weighted by molar-refractivity contribution is 6.31. The minimum atomic E-state index is -0.364. The molecule has 8 heteroatoms. The van der Waals surface area contributed by atoms with E-state index in [0.29, 0.717) is 22.2 Å². The predicted octanol–water partition coefficient (Wildman–Crippen LogP) is 3.53. The van der Waals surface area contributed by atoms with Gasteiger partial charge in [-0.2, -0.15) is 0 Å². The summed E-state index contributed by atoms with van der Waals surface area (Å²) >= 11 is 5.99. The number of carbonyl (C=O) groups excluding carboxylic acids is 2. The Morgan fingerprint density at radius 2 is 1.69 bits per heavy atom. The molecule has 2 aliphatic heterocycles. The van der Waals surface area contributed by atoms with E-state index in [9.17, 15) is 9.59 Å². The Kier molecular flexibility index (Phi) is 4.27. The summed E-state index contributed by atoms with van der Waals surface area (Å²) in [4.78, 5) is 34.0. The Balaban J connectivity index is 1.35. The van der Waals surface area contributed by atoms with Crippen molar-refractivity contribution in [3.8, 4) is 11.5 Å². The molecule has 3 fully saturated rings. The fourth-order valence-electron chi connectivity index (χ4n) is 6.20. The molecule has 0 spiro atoms. The number of fused-ring (bicyclic) bond motifs is 8. The van der Waals surface area contributed by atoms with Gasteiger partial charge in [0, 0.05) is 28.5 Å². The third-order valence-electron chi connectivity index (χ3n) is 7.46. The van der Waals surface area contributed by atoms with Crippen LogP contribution in [0.1, 0.15) is 12.0 Å². The molecule has 4 aliphatic rings. The van der Waals surface area contributed by atoms with Crippen LogP contribution < -0.4 is 14.4 Å². The fourth-order valence-corrected chi connectivity index (χ4v) is 6.33. The standard InChI is InChI=1S/C24H21ClN2O5/c1-30-13-7-8-14(17(9-13)31-2)21-20-15-10-16(22(20)32-26-21)19-18(15)23(28)27(24(19)29)12-5-3-11(25)4-6-12/h3-9,15-16,18-20,22H,10H2,1-2H3/t15-,16-,18-,19-,20+,22-/m1/s1. The van der Waals surface area contributed by atoms with E-state index in [2.05, 4.69) is 5.16 Å². The average molecular weight is 453 g/mol. The van der Waals surface area contributed by atoms with Gasteiger partial charge in [-0.15, -0.1) is 0 Å². The number of nitrogens with zero attached hydrogens (tertiary/aromatic N) is 2. The SMILES string of the molecule is COc1ccc(C2=NO[C@@H]3[C@@H]4C[C@@H]([C@@H]23)[C@H]2C(=O)N(c3ccc(Cl)cc3)C(=O)[C@H]42)c(OC)c1. The fraction of sp³-hybridized carbons (Fsp3) is 0.375. The molecule has 2 aliphatic carbocycles. The normalized spacial score (nSPS) is 32.0. The zero-order valence-electron chi connectivity index (χ0n) is 17.5. The lowest BCUT2D eigenvalue weighted by Crippen LogP contribution is -2.41. The lowest BCUT2D eigenvalue weighted by Gasteiger charge is -2.30. The maximum absolute atomic E-state index is 13.5. The van der Waals surface area contributed by atoms with E-state index in [1.165, 1.54) is 4.90 Å². The van der Waals surface area contributed by atoms with Gasteiger partial charge in [0.05, 0.1) is 37.5 Å². The molecule has 0 N–H and O–H groups in total. The monoisotopic (exact) mass is 452 g/mol. The number of halogens is 1. The maximum atomic E-state index is 13.5. The molecule has 164 valence electrons. The van der Waals surface area contributed by atoms with Gasteiger partial charge in [-0.05, 0) is 48.7 Å². The van der Waals surface area contributed by atoms with E-state index in [1.807, 2.05) is 18.2 Å². The molecule has 2 amide bonds. The molecule has 2 saturated carbocycles. The first-order chi connectivity index (χ1) is 15.5. The molecular formula is C24H21ClN2O5. The second kappa shape index (κ2) is 6.97. The second-order valence-corrected chi connectivity index (χ2v) is 9.18. The van der Waals surface area contributed by atoms with Gasteiger partial charge in [-0.25, -0.2) is 0 Å². The van der Waals surface area contributed by atoms with Crippen molar-refractivity contribution in [3.05, 3.63) is 53.1 Å². The van der Waals surface area contributed by atoms with Crippen molar-refractivity contribution in [2.24, 2.45) is 34.7 Å². The summed E-state index contributed by atoms with van der Waals surface area (Å²) in [7, 11) is 3.21. The number of methoxy groups -OCH3 is 2. The lowest BCUT2D eigenvalue weighted by atomic mass is 9.71. The molecule has 32 heavy (non-hydrogen) atoms. The number of benzene rings is 2. The molecule has 1 saturated heterocycles. The molecular weight excluding hydrogens is 432 g/mol. The molecule has 0 radical (unpaired) electrons. The molecule has 6 rings (SSSR count). The van der Waals surface area contributed by atoms with Crippen LogP contribution in [0.15, 0.2) is 47.6 Å². The summed E-state index contributed by atoms with van der Waals surface area (Å²) in [6.07, 6.45) is 0.582. The number of anilines is 1. The molecule has 2 bridgehead atoms. The van der Waals surface area contributed by atoms with E-state index in [1.54, 1.807) is 38.5 Å². The largest absolute Gasteiger partial charge is 0.497 e. The number of oxime groups is 1. The number of imide groups is 1. The van der Waals surface area contributed by atoms with Crippen molar-refractivity contribution in [1.82, 2.24) is 0 Å². The van der Waals surface area contributed by atoms with Crippen molar-refractivity contribution in [1.29, 1.82) is 0 Å². The number of amides is 2. The number of hydrogen-bond donors (Lipinski definition) is 0. The third-order valence-corrected chi connectivity index (χ3v) is 7.71. The van der Waals surface area contributed by atoms with Crippen molar-refractivity contribution >= 4 is 34.8 Å². The molecule has 6 atom stereocenters. The van der Waals surface area contributed by atoms with Gasteiger partial charge in [-0.3, -0.25) is 14.5 Å². The summed E-state index contributed by atoms with van der Waals surface area (Å²) in [5, 5.41) is 4.97. The number of ether oxygens (including phenoxy) is 2. The molecule has 7 nitrogen and oxygen atoms in total. The average Bonchev–Trinajstić information content (AvgIpc) is 3.54. The van der Waals surface area contributed by atoms with Crippen molar-refractivity contribution in [2.75, 3.05) is 19.1 Å². The van der Waals surface area contributed by atoms with Crippen LogP contribution >= 0.6 is 11.6 Å². The van der Waals surface area contributed by atoms with Gasteiger partial charge in [0.15, 0.2) is 0 Å². The zero-order valence-corrected chi connectivity index (χ0v) is 18.3. The first-order valence-corrected chi connectivity index (χ1v) is 11.0. The van der Waals surface area contributed by atoms with E-state index >= 15 is 0 Å². The highest BCUT2D eigenvalue weighted by Crippen LogP contribution is 2.62. The highest BCUT2D eigenvalue weighted by Gasteiger charge is 2.70. The summed E-state index contributed by atoms with van der Waals surface area (Å²) < 4.78 is 10.9. The minimum Gasteiger partial charge on any atom is -0.497 e. The Labute approximate surface area is 189 Å². The summed E-state index contributed by atoms with van der Waals surface area (Å²) in [5.74, 6) is 0.232. The van der Waals surface area contributed by atoms with Crippen LogP contribution in [0.2, 0.25) is 5.02 Å². The summed E-state index contributed by atoms with van der Waals surface area (Å²) in [6, 6.07) is 12.4. The first kappa shape index (κ1) is 19.6. The third kappa shape index (κ3) is 2.51. The van der Waals surface area contributed by atoms with Crippen LogP contribution in [0.3, 0.4) is 0 Å². The van der Waals surface area contributed by atoms with E-state index in [4.69, 9.17) is 25.9 Å². The number of hydrogen-bond acceptors (Lipinski definition) is 6. The lowest BCUT2D eigenvalue weighted by molar-refractivity contribution is -0.125. The Morgan fingerprint density at radius 3 is 2.38 bits per heavy atom. The van der Waals surface area contributed by atoms with Gasteiger partial charge in [-0.1, -0.05) is 16.8 Å². The molecule has 2 aromatic carbocycles. The summed E-state index contributed by atoms with van der Waals surface area (Å²) in [6.45, 7) is 0. The van der Waals surface area contributed by atoms with Crippen LogP contribution in [-0.2, 0) is 14.4 Å². The highest BCUT2D eigenvalue weighted by atomic mass is 35.5. The Bertz CT molecular complexity index is 1160. The molecule has 0 aromatic heterocycles. The first-order valence-electron chi connectivity index (χ1n) is 10.6. The van der Waals surface area contributed by atoms with Gasteiger partial charge < -0.3 is 14.3 Å². The molecule has 2 heterocycles. The zero-order chi connectivity index (χ0) is 22.1. The maximum Gasteiger partial charge on any atom is 0.238 e. The van der Waals surface area contributed by atoms with Crippen LogP contribution in [0.5, 0.6) is 11.5 Å². The smallest absolute Gasteiger partial charge is 0.238 e. The van der Waals surface area contributed by atoms with Crippen molar-refractivity contribution in [2.45, 2.75) is 12.5 Å². The van der Waals surface area contributed by atoms with E-state index < -0.39 is 0 Å². The van der Waals surface area contributed by atoms with Crippen LogP contribution in [0.4, 0.5) is 5.69 Å². The second-order valence-electron chi connectivity index (χ2n) is 8.74. The van der Waals surface area contributed by atoms with E-state index in [-0.39, 0.29) is 47.5 Å². The van der Waals surface area contributed by atoms with Gasteiger partial charge in [0.1, 0.15) is 17.6 Å². The summed E-state index contributed by atoms with van der Waals surface area (Å²) in [5.41, 5.74) is 2.18. The topological polar surface area (TPSA) is 77.4 Å². The predicted molar refractivity (Wildman–Crippen MR) is 117 cm³/mol. The molecule has 0 unspecified atom stereocenters. The van der Waals surface area contributed by atoms with Crippen molar-refractivity contribution in [3.63, 3.8) is 0 Å².